The average molecular weight is 393 g/mol. The molecule has 1 unspecified atom stereocenters. The first-order valence-corrected chi connectivity index (χ1v) is 10.2. The van der Waals surface area contributed by atoms with E-state index in [0.717, 1.165) is 23.4 Å². The number of carbonyl (C=O) groups is 1. The highest BCUT2D eigenvalue weighted by atomic mass is 32.1. The van der Waals surface area contributed by atoms with Gasteiger partial charge in [0.2, 0.25) is 0 Å². The lowest BCUT2D eigenvalue weighted by Gasteiger charge is -2.36. The zero-order chi connectivity index (χ0) is 19.7. The van der Waals surface area contributed by atoms with Crippen LogP contribution in [0.25, 0.3) is 0 Å². The molecule has 144 valence electrons. The van der Waals surface area contributed by atoms with Gasteiger partial charge in [0.15, 0.2) is 0 Å². The number of hydrogen-bond donors (Lipinski definition) is 0. The third-order valence-electron chi connectivity index (χ3n) is 5.29. The molecule has 0 radical (unpaired) electrons. The molecule has 0 aliphatic carbocycles. The number of carbonyl (C=O) groups excluding carboxylic acids is 1. The molecule has 1 aromatic heterocycles. The number of nitrogens with zero attached hydrogens (tertiary/aromatic N) is 2. The summed E-state index contributed by atoms with van der Waals surface area (Å²) in [7, 11) is 5.70. The van der Waals surface area contributed by atoms with Crippen molar-refractivity contribution in [2.24, 2.45) is 0 Å². The van der Waals surface area contributed by atoms with E-state index >= 15 is 0 Å². The van der Waals surface area contributed by atoms with Crippen molar-refractivity contribution in [1.82, 2.24) is 4.90 Å². The Bertz CT molecular complexity index is 961. The van der Waals surface area contributed by atoms with Gasteiger partial charge in [0.25, 0.3) is 5.91 Å². The molecule has 0 spiro atoms. The summed E-state index contributed by atoms with van der Waals surface area (Å²) in [6.45, 7) is 0.717. The van der Waals surface area contributed by atoms with E-state index in [-0.39, 0.29) is 11.9 Å². The minimum atomic E-state index is -0.0467. The lowest BCUT2D eigenvalue weighted by Crippen LogP contribution is -2.40. The number of ether oxygens (including phenoxy) is 1. The van der Waals surface area contributed by atoms with Crippen LogP contribution in [0, 0.1) is 0 Å². The van der Waals surface area contributed by atoms with Gasteiger partial charge in [0.05, 0.1) is 13.2 Å². The molecular formula is C23H24N2O2S. The fraction of sp³-hybridized carbons (Fsp3) is 0.261. The van der Waals surface area contributed by atoms with Crippen LogP contribution in [0.3, 0.4) is 0 Å². The van der Waals surface area contributed by atoms with E-state index in [0.29, 0.717) is 12.1 Å². The number of rotatable bonds is 4. The Balaban J connectivity index is 1.71. The van der Waals surface area contributed by atoms with E-state index in [2.05, 4.69) is 40.6 Å². The van der Waals surface area contributed by atoms with Crippen LogP contribution in [0.15, 0.2) is 60.0 Å². The highest BCUT2D eigenvalue weighted by Gasteiger charge is 2.33. The van der Waals surface area contributed by atoms with E-state index in [1.807, 2.05) is 43.3 Å². The summed E-state index contributed by atoms with van der Waals surface area (Å²) < 4.78 is 5.22. The van der Waals surface area contributed by atoms with Crippen molar-refractivity contribution < 1.29 is 9.53 Å². The van der Waals surface area contributed by atoms with Crippen LogP contribution in [0.4, 0.5) is 5.69 Å². The highest BCUT2D eigenvalue weighted by molar-refractivity contribution is 7.10. The zero-order valence-corrected chi connectivity index (χ0v) is 17.2. The fourth-order valence-electron chi connectivity index (χ4n) is 3.71. The normalized spacial score (nSPS) is 15.8. The van der Waals surface area contributed by atoms with Gasteiger partial charge >= 0.3 is 0 Å². The van der Waals surface area contributed by atoms with Crippen LogP contribution in [0.2, 0.25) is 0 Å². The van der Waals surface area contributed by atoms with Crippen LogP contribution in [0.5, 0.6) is 5.75 Å². The lowest BCUT2D eigenvalue weighted by molar-refractivity contribution is 0.0698. The Morgan fingerprint density at radius 2 is 1.79 bits per heavy atom. The standard InChI is InChI=1S/C23H24N2O2S/c1-24(2)19-8-4-16(5-9-19)21-22-17(13-15-28-22)12-14-25(21)23(26)18-6-10-20(27-3)11-7-18/h4-11,13,15,21H,12,14H2,1-3H3. The van der Waals surface area contributed by atoms with E-state index in [9.17, 15) is 4.79 Å². The molecule has 3 aromatic rings. The van der Waals surface area contributed by atoms with Gasteiger partial charge in [-0.25, -0.2) is 0 Å². The molecule has 1 amide bonds. The highest BCUT2D eigenvalue weighted by Crippen LogP contribution is 2.39. The van der Waals surface area contributed by atoms with Crippen molar-refractivity contribution in [2.45, 2.75) is 12.5 Å². The third-order valence-corrected chi connectivity index (χ3v) is 6.30. The molecule has 0 bridgehead atoms. The molecule has 0 N–H and O–H groups in total. The van der Waals surface area contributed by atoms with Crippen molar-refractivity contribution in [2.75, 3.05) is 32.6 Å². The summed E-state index contributed by atoms with van der Waals surface area (Å²) in [5, 5.41) is 2.13. The van der Waals surface area contributed by atoms with E-state index in [1.165, 1.54) is 10.4 Å². The molecular weight excluding hydrogens is 368 g/mol. The molecule has 0 saturated carbocycles. The summed E-state index contributed by atoms with van der Waals surface area (Å²) in [6, 6.07) is 18.0. The molecule has 0 fully saturated rings. The maximum Gasteiger partial charge on any atom is 0.254 e. The maximum atomic E-state index is 13.4. The molecule has 1 atom stereocenters. The summed E-state index contributed by atoms with van der Waals surface area (Å²) in [5.74, 6) is 0.815. The topological polar surface area (TPSA) is 32.8 Å². The zero-order valence-electron chi connectivity index (χ0n) is 16.4. The second kappa shape index (κ2) is 7.68. The number of anilines is 1. The summed E-state index contributed by atoms with van der Waals surface area (Å²) in [4.78, 5) is 18.7. The van der Waals surface area contributed by atoms with Gasteiger partial charge in [-0.3, -0.25) is 4.79 Å². The van der Waals surface area contributed by atoms with Crippen LogP contribution in [-0.4, -0.2) is 38.6 Å². The van der Waals surface area contributed by atoms with Crippen LogP contribution >= 0.6 is 11.3 Å². The van der Waals surface area contributed by atoms with Gasteiger partial charge in [-0.2, -0.15) is 0 Å². The number of benzene rings is 2. The molecule has 1 aliphatic heterocycles. The number of amides is 1. The number of hydrogen-bond acceptors (Lipinski definition) is 4. The first-order chi connectivity index (χ1) is 13.6. The largest absolute Gasteiger partial charge is 0.497 e. The first kappa shape index (κ1) is 18.6. The number of methoxy groups -OCH3 is 1. The van der Waals surface area contributed by atoms with Crippen molar-refractivity contribution in [3.63, 3.8) is 0 Å². The third kappa shape index (κ3) is 3.38. The molecule has 2 aromatic carbocycles. The SMILES string of the molecule is COc1ccc(C(=O)N2CCc3ccsc3C2c2ccc(N(C)C)cc2)cc1. The summed E-state index contributed by atoms with van der Waals surface area (Å²) >= 11 is 1.74. The van der Waals surface area contributed by atoms with Gasteiger partial charge in [-0.1, -0.05) is 12.1 Å². The van der Waals surface area contributed by atoms with Gasteiger partial charge in [-0.15, -0.1) is 11.3 Å². The molecule has 4 rings (SSSR count). The summed E-state index contributed by atoms with van der Waals surface area (Å²) in [6.07, 6.45) is 0.896. The van der Waals surface area contributed by atoms with Crippen LogP contribution in [-0.2, 0) is 6.42 Å². The van der Waals surface area contributed by atoms with Crippen LogP contribution < -0.4 is 9.64 Å². The Kier molecular flexibility index (Phi) is 5.09. The number of thiophene rings is 1. The monoisotopic (exact) mass is 392 g/mol. The van der Waals surface area contributed by atoms with Crippen LogP contribution in [0.1, 0.15) is 32.4 Å². The van der Waals surface area contributed by atoms with Crippen molar-refractivity contribution >= 4 is 22.9 Å². The van der Waals surface area contributed by atoms with Gasteiger partial charge < -0.3 is 14.5 Å². The van der Waals surface area contributed by atoms with Gasteiger partial charge in [0.1, 0.15) is 5.75 Å². The Morgan fingerprint density at radius 3 is 2.43 bits per heavy atom. The first-order valence-electron chi connectivity index (χ1n) is 9.37. The second-order valence-corrected chi connectivity index (χ2v) is 8.12. The molecule has 1 aliphatic rings. The van der Waals surface area contributed by atoms with Crippen molar-refractivity contribution in [1.29, 1.82) is 0 Å². The van der Waals surface area contributed by atoms with Crippen molar-refractivity contribution in [3.8, 4) is 5.75 Å². The number of fused-ring (bicyclic) bond motifs is 1. The predicted octanol–water partition coefficient (Wildman–Crippen LogP) is 4.61. The molecule has 0 saturated heterocycles. The van der Waals surface area contributed by atoms with Gasteiger partial charge in [0, 0.05) is 36.8 Å². The molecule has 5 heteroatoms. The maximum absolute atomic E-state index is 13.4. The minimum absolute atomic E-state index is 0.0467. The smallest absolute Gasteiger partial charge is 0.254 e. The summed E-state index contributed by atoms with van der Waals surface area (Å²) in [5.41, 5.74) is 4.34. The van der Waals surface area contributed by atoms with Gasteiger partial charge in [-0.05, 0) is 65.4 Å². The van der Waals surface area contributed by atoms with E-state index in [4.69, 9.17) is 4.74 Å². The fourth-order valence-corrected chi connectivity index (χ4v) is 4.80. The average Bonchev–Trinajstić information content (AvgIpc) is 3.21. The Hall–Kier alpha value is -2.79. The lowest BCUT2D eigenvalue weighted by atomic mass is 9.94. The molecule has 28 heavy (non-hydrogen) atoms. The predicted molar refractivity (Wildman–Crippen MR) is 115 cm³/mol. The minimum Gasteiger partial charge on any atom is -0.497 e. The molecule has 2 heterocycles. The Labute approximate surface area is 170 Å². The quantitative estimate of drug-likeness (QED) is 0.650. The van der Waals surface area contributed by atoms with E-state index in [1.54, 1.807) is 18.4 Å². The van der Waals surface area contributed by atoms with E-state index < -0.39 is 0 Å². The van der Waals surface area contributed by atoms with Crippen molar-refractivity contribution in [3.05, 3.63) is 81.5 Å². The molecule has 4 nitrogen and oxygen atoms in total. The Morgan fingerprint density at radius 1 is 1.07 bits per heavy atom. The second-order valence-electron chi connectivity index (χ2n) is 7.18.